The molecule has 2 fully saturated rings. The molecule has 1 N–H and O–H groups in total. The highest BCUT2D eigenvalue weighted by Gasteiger charge is 2.51. The number of ether oxygens (including phenoxy) is 3. The van der Waals surface area contributed by atoms with E-state index in [0.717, 1.165) is 0 Å². The lowest BCUT2D eigenvalue weighted by Crippen LogP contribution is -2.36. The number of rotatable bonds is 1. The predicted molar refractivity (Wildman–Crippen MR) is 45.7 cm³/mol. The topological polar surface area (TPSA) is 65.0 Å². The van der Waals surface area contributed by atoms with Gasteiger partial charge < -0.3 is 19.3 Å². The van der Waals surface area contributed by atoms with Crippen LogP contribution < -0.4 is 0 Å². The van der Waals surface area contributed by atoms with Gasteiger partial charge in [-0.25, -0.2) is 0 Å². The highest BCUT2D eigenvalue weighted by Crippen LogP contribution is 2.31. The SMILES string of the molecule is [B][C@@H]1OC2[C@H](O)CO[C@@H]2[C@H]1OC(C)=O. The summed E-state index contributed by atoms with van der Waals surface area (Å²) < 4.78 is 15.4. The third kappa shape index (κ3) is 1.53. The molecule has 6 heteroatoms. The first-order chi connectivity index (χ1) is 6.59. The van der Waals surface area contributed by atoms with Crippen molar-refractivity contribution in [1.29, 1.82) is 0 Å². The largest absolute Gasteiger partial charge is 0.458 e. The van der Waals surface area contributed by atoms with Crippen LogP contribution in [-0.4, -0.2) is 55.9 Å². The van der Waals surface area contributed by atoms with E-state index >= 15 is 0 Å². The van der Waals surface area contributed by atoms with Crippen LogP contribution in [0.2, 0.25) is 0 Å². The molecular formula is C8H11BO5. The van der Waals surface area contributed by atoms with E-state index < -0.39 is 36.4 Å². The van der Waals surface area contributed by atoms with Crippen molar-refractivity contribution in [3.05, 3.63) is 0 Å². The number of carbonyl (C=O) groups is 1. The zero-order valence-corrected chi connectivity index (χ0v) is 7.75. The van der Waals surface area contributed by atoms with Crippen molar-refractivity contribution in [1.82, 2.24) is 0 Å². The van der Waals surface area contributed by atoms with E-state index in [9.17, 15) is 9.90 Å². The monoisotopic (exact) mass is 198 g/mol. The summed E-state index contributed by atoms with van der Waals surface area (Å²) in [6, 6.07) is -0.719. The number of aliphatic hydroxyl groups is 1. The normalized spacial score (nSPS) is 46.3. The van der Waals surface area contributed by atoms with E-state index in [2.05, 4.69) is 0 Å². The van der Waals surface area contributed by atoms with Gasteiger partial charge in [-0.1, -0.05) is 0 Å². The maximum Gasteiger partial charge on any atom is 0.303 e. The zero-order valence-electron chi connectivity index (χ0n) is 7.75. The van der Waals surface area contributed by atoms with Gasteiger partial charge in [-0.05, 0) is 0 Å². The molecule has 5 atom stereocenters. The lowest BCUT2D eigenvalue weighted by atomic mass is 9.93. The van der Waals surface area contributed by atoms with E-state index in [-0.39, 0.29) is 6.61 Å². The molecule has 0 spiro atoms. The average Bonchev–Trinajstić information content (AvgIpc) is 2.57. The molecule has 0 amide bonds. The second kappa shape index (κ2) is 3.53. The molecule has 0 bridgehead atoms. The fraction of sp³-hybridized carbons (Fsp3) is 0.875. The van der Waals surface area contributed by atoms with Gasteiger partial charge in [0.15, 0.2) is 0 Å². The molecule has 2 saturated heterocycles. The van der Waals surface area contributed by atoms with Crippen LogP contribution in [0.5, 0.6) is 0 Å². The van der Waals surface area contributed by atoms with Crippen molar-refractivity contribution in [3.63, 3.8) is 0 Å². The van der Waals surface area contributed by atoms with Crippen molar-refractivity contribution in [2.45, 2.75) is 37.3 Å². The molecule has 2 heterocycles. The van der Waals surface area contributed by atoms with Gasteiger partial charge in [0.1, 0.15) is 32.3 Å². The van der Waals surface area contributed by atoms with Crippen LogP contribution in [0.25, 0.3) is 0 Å². The van der Waals surface area contributed by atoms with Crippen LogP contribution in [-0.2, 0) is 19.0 Å². The first-order valence-corrected chi connectivity index (χ1v) is 4.47. The Balaban J connectivity index is 2.07. The van der Waals surface area contributed by atoms with E-state index in [1.807, 2.05) is 0 Å². The molecular weight excluding hydrogens is 187 g/mol. The van der Waals surface area contributed by atoms with Crippen molar-refractivity contribution < 1.29 is 24.1 Å². The maximum atomic E-state index is 10.8. The highest BCUT2D eigenvalue weighted by molar-refractivity contribution is 6.11. The molecule has 0 aromatic rings. The fourth-order valence-electron chi connectivity index (χ4n) is 1.84. The van der Waals surface area contributed by atoms with Crippen LogP contribution >= 0.6 is 0 Å². The van der Waals surface area contributed by atoms with Crippen molar-refractivity contribution in [2.24, 2.45) is 0 Å². The summed E-state index contributed by atoms with van der Waals surface area (Å²) in [6.45, 7) is 1.49. The molecule has 0 aliphatic carbocycles. The van der Waals surface area contributed by atoms with E-state index in [1.54, 1.807) is 0 Å². The highest BCUT2D eigenvalue weighted by atomic mass is 16.6. The predicted octanol–water partition coefficient (Wildman–Crippen LogP) is -1.43. The number of fused-ring (bicyclic) bond motifs is 1. The summed E-state index contributed by atoms with van der Waals surface area (Å²) >= 11 is 0. The number of hydrogen-bond acceptors (Lipinski definition) is 5. The van der Waals surface area contributed by atoms with Crippen LogP contribution in [0.1, 0.15) is 6.92 Å². The minimum absolute atomic E-state index is 0.194. The molecule has 14 heavy (non-hydrogen) atoms. The minimum Gasteiger partial charge on any atom is -0.458 e. The van der Waals surface area contributed by atoms with Crippen LogP contribution in [0.3, 0.4) is 0 Å². The summed E-state index contributed by atoms with van der Waals surface area (Å²) in [5, 5.41) is 9.42. The van der Waals surface area contributed by atoms with Crippen molar-refractivity contribution in [2.75, 3.05) is 6.61 Å². The molecule has 5 nitrogen and oxygen atoms in total. The van der Waals surface area contributed by atoms with Gasteiger partial charge in [0.05, 0.1) is 12.6 Å². The van der Waals surface area contributed by atoms with Crippen molar-refractivity contribution >= 4 is 13.8 Å². The van der Waals surface area contributed by atoms with Gasteiger partial charge in [-0.3, -0.25) is 4.79 Å². The first-order valence-electron chi connectivity index (χ1n) is 4.47. The van der Waals surface area contributed by atoms with E-state index in [1.165, 1.54) is 6.92 Å². The van der Waals surface area contributed by atoms with Crippen LogP contribution in [0.4, 0.5) is 0 Å². The summed E-state index contributed by atoms with van der Waals surface area (Å²) in [6.07, 6.45) is -2.22. The van der Waals surface area contributed by atoms with Crippen LogP contribution in [0, 0.1) is 0 Å². The van der Waals surface area contributed by atoms with E-state index in [4.69, 9.17) is 22.1 Å². The Hall–Kier alpha value is -0.585. The molecule has 0 aromatic carbocycles. The Morgan fingerprint density at radius 3 is 2.93 bits per heavy atom. The number of esters is 1. The van der Waals surface area contributed by atoms with Crippen LogP contribution in [0.15, 0.2) is 0 Å². The summed E-state index contributed by atoms with van der Waals surface area (Å²) in [4.78, 5) is 10.8. The zero-order chi connectivity index (χ0) is 10.3. The van der Waals surface area contributed by atoms with Gasteiger partial charge in [0.2, 0.25) is 0 Å². The maximum absolute atomic E-state index is 10.8. The minimum atomic E-state index is -0.719. The first kappa shape index (κ1) is 9.95. The van der Waals surface area contributed by atoms with Gasteiger partial charge >= 0.3 is 5.97 Å². The lowest BCUT2D eigenvalue weighted by molar-refractivity contribution is -0.152. The third-order valence-corrected chi connectivity index (χ3v) is 2.43. The smallest absolute Gasteiger partial charge is 0.303 e. The Labute approximate surface area is 82.7 Å². The molecule has 0 saturated carbocycles. The molecule has 2 rings (SSSR count). The molecule has 0 aromatic heterocycles. The number of hydrogen-bond donors (Lipinski definition) is 1. The third-order valence-electron chi connectivity index (χ3n) is 2.43. The molecule has 1 unspecified atom stereocenters. The Morgan fingerprint density at radius 2 is 2.29 bits per heavy atom. The Morgan fingerprint density at radius 1 is 1.57 bits per heavy atom. The second-order valence-electron chi connectivity index (χ2n) is 3.50. The summed E-state index contributed by atoms with van der Waals surface area (Å²) in [5.74, 6) is -0.431. The average molecular weight is 198 g/mol. The molecule has 2 radical (unpaired) electrons. The quantitative estimate of drug-likeness (QED) is 0.413. The van der Waals surface area contributed by atoms with E-state index in [0.29, 0.717) is 0 Å². The Kier molecular flexibility index (Phi) is 2.51. The fourth-order valence-corrected chi connectivity index (χ4v) is 1.84. The van der Waals surface area contributed by atoms with Crippen molar-refractivity contribution in [3.8, 4) is 0 Å². The van der Waals surface area contributed by atoms with Gasteiger partial charge in [-0.2, -0.15) is 0 Å². The summed E-state index contributed by atoms with van der Waals surface area (Å²) in [5.41, 5.74) is 0. The number of carbonyl (C=O) groups excluding carboxylic acids is 1. The lowest BCUT2D eigenvalue weighted by Gasteiger charge is -2.18. The van der Waals surface area contributed by atoms with Gasteiger partial charge in [0.25, 0.3) is 0 Å². The molecule has 2 aliphatic rings. The molecule has 76 valence electrons. The standard InChI is InChI=1S/C8H11BO5/c1-3(10)13-7-6-5(14-8(7)9)4(11)2-12-6/h4-8,11H,2H2,1H3/t4-,5?,6+,7-,8-/m1/s1. The number of aliphatic hydroxyl groups excluding tert-OH is 1. The summed E-state index contributed by atoms with van der Waals surface area (Å²) in [7, 11) is 5.59. The Bertz CT molecular complexity index is 246. The van der Waals surface area contributed by atoms with Gasteiger partial charge in [0, 0.05) is 6.92 Å². The second-order valence-corrected chi connectivity index (χ2v) is 3.50. The molecule has 2 aliphatic heterocycles. The van der Waals surface area contributed by atoms with Gasteiger partial charge in [-0.15, -0.1) is 0 Å².